The third-order valence-corrected chi connectivity index (χ3v) is 5.85. The maximum atomic E-state index is 12.9. The average Bonchev–Trinajstić information content (AvgIpc) is 2.65. The van der Waals surface area contributed by atoms with E-state index in [9.17, 15) is 18.0 Å². The molecule has 8 nitrogen and oxygen atoms in total. The van der Waals surface area contributed by atoms with Crippen molar-refractivity contribution in [2.24, 2.45) is 0 Å². The standard InChI is InChI=1S/C19H29N3O5S/c1-15-5-6-16(28(3,25)26)13-17(15)19(24)22-10-8-21(9-11-22)14-18(23)20-7-4-12-27-2/h5-6,13H,4,7-12,14H2,1-3H3,(H,20,23). The molecule has 1 aromatic rings. The summed E-state index contributed by atoms with van der Waals surface area (Å²) in [6, 6.07) is 4.63. The lowest BCUT2D eigenvalue weighted by Gasteiger charge is -2.34. The van der Waals surface area contributed by atoms with E-state index < -0.39 is 9.84 Å². The Hall–Kier alpha value is -1.97. The number of hydrogen-bond donors (Lipinski definition) is 1. The molecule has 0 radical (unpaired) electrons. The highest BCUT2D eigenvalue weighted by Gasteiger charge is 2.25. The van der Waals surface area contributed by atoms with Crippen LogP contribution in [0, 0.1) is 6.92 Å². The molecule has 2 rings (SSSR count). The predicted molar refractivity (Wildman–Crippen MR) is 106 cm³/mol. The molecule has 1 fully saturated rings. The molecule has 28 heavy (non-hydrogen) atoms. The lowest BCUT2D eigenvalue weighted by Crippen LogP contribution is -2.51. The second-order valence-corrected chi connectivity index (χ2v) is 9.03. The molecule has 0 bridgehead atoms. The molecule has 156 valence electrons. The number of aryl methyl sites for hydroxylation is 1. The van der Waals surface area contributed by atoms with E-state index in [-0.39, 0.29) is 16.7 Å². The maximum Gasteiger partial charge on any atom is 0.254 e. The van der Waals surface area contributed by atoms with Crippen LogP contribution in [0.15, 0.2) is 23.1 Å². The molecular weight excluding hydrogens is 382 g/mol. The van der Waals surface area contributed by atoms with Crippen LogP contribution in [0.1, 0.15) is 22.3 Å². The largest absolute Gasteiger partial charge is 0.385 e. The van der Waals surface area contributed by atoms with Crippen molar-refractivity contribution in [2.75, 3.05) is 59.2 Å². The van der Waals surface area contributed by atoms with E-state index in [1.807, 2.05) is 4.90 Å². The Balaban J connectivity index is 1.89. The number of benzene rings is 1. The molecule has 1 saturated heterocycles. The van der Waals surface area contributed by atoms with Crippen molar-refractivity contribution in [3.8, 4) is 0 Å². The van der Waals surface area contributed by atoms with Crippen LogP contribution >= 0.6 is 0 Å². The minimum atomic E-state index is -3.37. The molecule has 0 aromatic heterocycles. The summed E-state index contributed by atoms with van der Waals surface area (Å²) in [5.41, 5.74) is 1.16. The maximum absolute atomic E-state index is 12.9. The Kier molecular flexibility index (Phi) is 7.97. The van der Waals surface area contributed by atoms with E-state index in [1.165, 1.54) is 12.1 Å². The Labute approximate surface area is 166 Å². The monoisotopic (exact) mass is 411 g/mol. The van der Waals surface area contributed by atoms with Crippen LogP contribution in [0.3, 0.4) is 0 Å². The van der Waals surface area contributed by atoms with Crippen LogP contribution in [-0.4, -0.2) is 89.3 Å². The fourth-order valence-corrected chi connectivity index (χ4v) is 3.69. The number of hydrogen-bond acceptors (Lipinski definition) is 6. The number of sulfone groups is 1. The van der Waals surface area contributed by atoms with Crippen molar-refractivity contribution < 1.29 is 22.7 Å². The summed E-state index contributed by atoms with van der Waals surface area (Å²) in [6.45, 7) is 5.49. The van der Waals surface area contributed by atoms with Crippen molar-refractivity contribution in [1.82, 2.24) is 15.1 Å². The number of carbonyl (C=O) groups excluding carboxylic acids is 2. The molecule has 1 heterocycles. The van der Waals surface area contributed by atoms with Crippen LogP contribution in [0.25, 0.3) is 0 Å². The first-order valence-corrected chi connectivity index (χ1v) is 11.2. The fraction of sp³-hybridized carbons (Fsp3) is 0.579. The van der Waals surface area contributed by atoms with Crippen molar-refractivity contribution in [2.45, 2.75) is 18.2 Å². The van der Waals surface area contributed by atoms with E-state index >= 15 is 0 Å². The third-order valence-electron chi connectivity index (χ3n) is 4.74. The van der Waals surface area contributed by atoms with E-state index in [1.54, 1.807) is 25.0 Å². The summed E-state index contributed by atoms with van der Waals surface area (Å²) in [7, 11) is -1.74. The first kappa shape index (κ1) is 22.3. The van der Waals surface area contributed by atoms with Gasteiger partial charge < -0.3 is 15.0 Å². The Morgan fingerprint density at radius 2 is 1.86 bits per heavy atom. The first-order valence-electron chi connectivity index (χ1n) is 9.30. The lowest BCUT2D eigenvalue weighted by atomic mass is 10.1. The van der Waals surface area contributed by atoms with E-state index in [0.29, 0.717) is 51.4 Å². The van der Waals surface area contributed by atoms with Crippen molar-refractivity contribution >= 4 is 21.7 Å². The number of nitrogens with zero attached hydrogens (tertiary/aromatic N) is 2. The number of ether oxygens (including phenoxy) is 1. The van der Waals surface area contributed by atoms with Gasteiger partial charge in [0.15, 0.2) is 9.84 Å². The van der Waals surface area contributed by atoms with Gasteiger partial charge in [-0.3, -0.25) is 14.5 Å². The second kappa shape index (κ2) is 9.99. The highest BCUT2D eigenvalue weighted by atomic mass is 32.2. The van der Waals surface area contributed by atoms with Crippen molar-refractivity contribution in [3.63, 3.8) is 0 Å². The molecule has 0 spiro atoms. The minimum Gasteiger partial charge on any atom is -0.385 e. The molecule has 9 heteroatoms. The molecule has 0 saturated carbocycles. The molecule has 0 aliphatic carbocycles. The van der Waals surface area contributed by atoms with Gasteiger partial charge in [-0.25, -0.2) is 8.42 Å². The smallest absolute Gasteiger partial charge is 0.254 e. The van der Waals surface area contributed by atoms with Crippen LogP contribution in [-0.2, 0) is 19.4 Å². The van der Waals surface area contributed by atoms with Crippen LogP contribution < -0.4 is 5.32 Å². The normalized spacial score (nSPS) is 15.5. The molecule has 1 aliphatic rings. The first-order chi connectivity index (χ1) is 13.2. The quantitative estimate of drug-likeness (QED) is 0.619. The van der Waals surface area contributed by atoms with Gasteiger partial charge in [0, 0.05) is 58.3 Å². The summed E-state index contributed by atoms with van der Waals surface area (Å²) >= 11 is 0. The highest BCUT2D eigenvalue weighted by molar-refractivity contribution is 7.90. The molecule has 0 atom stereocenters. The van der Waals surface area contributed by atoms with Crippen molar-refractivity contribution in [3.05, 3.63) is 29.3 Å². The molecular formula is C19H29N3O5S. The Morgan fingerprint density at radius 1 is 1.18 bits per heavy atom. The highest BCUT2D eigenvalue weighted by Crippen LogP contribution is 2.18. The summed E-state index contributed by atoms with van der Waals surface area (Å²) < 4.78 is 28.5. The Bertz CT molecular complexity index is 802. The summed E-state index contributed by atoms with van der Waals surface area (Å²) in [6.07, 6.45) is 1.90. The van der Waals surface area contributed by atoms with Gasteiger partial charge >= 0.3 is 0 Å². The summed E-state index contributed by atoms with van der Waals surface area (Å²) in [5.74, 6) is -0.209. The van der Waals surface area contributed by atoms with Gasteiger partial charge in [0.25, 0.3) is 5.91 Å². The van der Waals surface area contributed by atoms with Crippen LogP contribution in [0.5, 0.6) is 0 Å². The SMILES string of the molecule is COCCCNC(=O)CN1CCN(C(=O)c2cc(S(C)(=O)=O)ccc2C)CC1. The molecule has 0 unspecified atom stereocenters. The lowest BCUT2D eigenvalue weighted by molar-refractivity contribution is -0.122. The number of carbonyl (C=O) groups is 2. The van der Waals surface area contributed by atoms with Gasteiger partial charge in [-0.05, 0) is 31.0 Å². The van der Waals surface area contributed by atoms with Crippen LogP contribution in [0.4, 0.5) is 0 Å². The second-order valence-electron chi connectivity index (χ2n) is 7.01. The average molecular weight is 412 g/mol. The van der Waals surface area contributed by atoms with Crippen molar-refractivity contribution in [1.29, 1.82) is 0 Å². The summed E-state index contributed by atoms with van der Waals surface area (Å²) in [5, 5.41) is 2.85. The zero-order valence-electron chi connectivity index (χ0n) is 16.7. The van der Waals surface area contributed by atoms with Gasteiger partial charge in [0.1, 0.15) is 0 Å². The fourth-order valence-electron chi connectivity index (χ4n) is 3.04. The number of methoxy groups -OCH3 is 1. The van der Waals surface area contributed by atoms with E-state index in [2.05, 4.69) is 5.32 Å². The predicted octanol–water partition coefficient (Wildman–Crippen LogP) is 0.309. The number of piperazine rings is 1. The number of rotatable bonds is 8. The molecule has 1 aromatic carbocycles. The van der Waals surface area contributed by atoms with Gasteiger partial charge in [0.2, 0.25) is 5.91 Å². The zero-order valence-corrected chi connectivity index (χ0v) is 17.5. The van der Waals surface area contributed by atoms with Gasteiger partial charge in [-0.1, -0.05) is 6.07 Å². The zero-order chi connectivity index (χ0) is 20.7. The van der Waals surface area contributed by atoms with Crippen LogP contribution in [0.2, 0.25) is 0 Å². The van der Waals surface area contributed by atoms with Gasteiger partial charge in [-0.15, -0.1) is 0 Å². The third kappa shape index (κ3) is 6.29. The Morgan fingerprint density at radius 3 is 2.46 bits per heavy atom. The van der Waals surface area contributed by atoms with E-state index in [4.69, 9.17) is 4.74 Å². The van der Waals surface area contributed by atoms with Gasteiger partial charge in [-0.2, -0.15) is 0 Å². The number of amides is 2. The molecule has 2 amide bonds. The van der Waals surface area contributed by atoms with E-state index in [0.717, 1.165) is 18.2 Å². The number of nitrogens with one attached hydrogen (secondary N) is 1. The minimum absolute atomic E-state index is 0.0347. The molecule has 1 N–H and O–H groups in total. The summed E-state index contributed by atoms with van der Waals surface area (Å²) in [4.78, 5) is 28.7. The molecule has 1 aliphatic heterocycles. The van der Waals surface area contributed by atoms with Gasteiger partial charge in [0.05, 0.1) is 11.4 Å². The topological polar surface area (TPSA) is 96.0 Å².